The highest BCUT2D eigenvalue weighted by Crippen LogP contribution is 2.26. The standard InChI is InChI=1S/C11H9BrF3N3/c1-2-18-9(5-12)16-17-11(18)10-7(14)3-6(13)4-8(10)15/h3-4H,2,5H2,1H3. The Balaban J connectivity index is 2.66. The molecule has 18 heavy (non-hydrogen) atoms. The highest BCUT2D eigenvalue weighted by molar-refractivity contribution is 9.08. The minimum atomic E-state index is -0.990. The lowest BCUT2D eigenvalue weighted by atomic mass is 10.1. The fourth-order valence-electron chi connectivity index (χ4n) is 1.71. The molecule has 1 heterocycles. The summed E-state index contributed by atoms with van der Waals surface area (Å²) >= 11 is 3.21. The minimum Gasteiger partial charge on any atom is -0.310 e. The van der Waals surface area contributed by atoms with Gasteiger partial charge in [-0.3, -0.25) is 0 Å². The smallest absolute Gasteiger partial charge is 0.169 e. The maximum Gasteiger partial charge on any atom is 0.169 e. The van der Waals surface area contributed by atoms with Crippen LogP contribution in [0.1, 0.15) is 12.7 Å². The molecular weight excluding hydrogens is 311 g/mol. The van der Waals surface area contributed by atoms with E-state index in [9.17, 15) is 13.2 Å². The third-order valence-corrected chi connectivity index (χ3v) is 3.00. The summed E-state index contributed by atoms with van der Waals surface area (Å²) in [6.07, 6.45) is 0. The van der Waals surface area contributed by atoms with Crippen LogP contribution in [0.15, 0.2) is 12.1 Å². The summed E-state index contributed by atoms with van der Waals surface area (Å²) in [6, 6.07) is 1.25. The SMILES string of the molecule is CCn1c(CBr)nnc1-c1c(F)cc(F)cc1F. The summed E-state index contributed by atoms with van der Waals surface area (Å²) in [7, 11) is 0. The Hall–Kier alpha value is -1.37. The fraction of sp³-hybridized carbons (Fsp3) is 0.273. The maximum atomic E-state index is 13.7. The summed E-state index contributed by atoms with van der Waals surface area (Å²) in [5.74, 6) is -2.33. The molecule has 0 bridgehead atoms. The second-order valence-corrected chi connectivity index (χ2v) is 4.12. The van der Waals surface area contributed by atoms with E-state index in [-0.39, 0.29) is 11.4 Å². The molecule has 0 aliphatic carbocycles. The molecule has 96 valence electrons. The van der Waals surface area contributed by atoms with Crippen molar-refractivity contribution < 1.29 is 13.2 Å². The number of benzene rings is 1. The van der Waals surface area contributed by atoms with Crippen molar-refractivity contribution in [2.24, 2.45) is 0 Å². The van der Waals surface area contributed by atoms with Gasteiger partial charge in [0.15, 0.2) is 5.82 Å². The van der Waals surface area contributed by atoms with Crippen molar-refractivity contribution in [2.45, 2.75) is 18.8 Å². The molecule has 1 aromatic carbocycles. The zero-order chi connectivity index (χ0) is 13.3. The Morgan fingerprint density at radius 1 is 1.17 bits per heavy atom. The third kappa shape index (κ3) is 2.14. The highest BCUT2D eigenvalue weighted by Gasteiger charge is 2.20. The minimum absolute atomic E-state index is 0.0574. The fourth-order valence-corrected chi connectivity index (χ4v) is 2.12. The molecule has 0 spiro atoms. The summed E-state index contributed by atoms with van der Waals surface area (Å²) in [5, 5.41) is 8.00. The molecular formula is C11H9BrF3N3. The molecule has 0 fully saturated rings. The number of alkyl halides is 1. The van der Waals surface area contributed by atoms with E-state index < -0.39 is 17.5 Å². The molecule has 0 aliphatic heterocycles. The van der Waals surface area contributed by atoms with Gasteiger partial charge in [0.05, 0.1) is 10.9 Å². The summed E-state index contributed by atoms with van der Waals surface area (Å²) in [5.41, 5.74) is -0.363. The number of hydrogen-bond donors (Lipinski definition) is 0. The van der Waals surface area contributed by atoms with E-state index in [0.29, 0.717) is 29.8 Å². The second-order valence-electron chi connectivity index (χ2n) is 3.56. The average Bonchev–Trinajstić information content (AvgIpc) is 2.70. The van der Waals surface area contributed by atoms with Gasteiger partial charge in [0.2, 0.25) is 0 Å². The lowest BCUT2D eigenvalue weighted by molar-refractivity contribution is 0.544. The van der Waals surface area contributed by atoms with Crippen LogP contribution in [0, 0.1) is 17.5 Å². The second kappa shape index (κ2) is 5.09. The van der Waals surface area contributed by atoms with Gasteiger partial charge in [0.25, 0.3) is 0 Å². The van der Waals surface area contributed by atoms with Crippen LogP contribution in [0.5, 0.6) is 0 Å². The molecule has 0 aliphatic rings. The molecule has 0 saturated carbocycles. The number of rotatable bonds is 3. The van der Waals surface area contributed by atoms with Crippen molar-refractivity contribution in [2.75, 3.05) is 0 Å². The molecule has 0 unspecified atom stereocenters. The molecule has 2 aromatic rings. The number of halogens is 4. The van der Waals surface area contributed by atoms with E-state index in [2.05, 4.69) is 26.1 Å². The first-order chi connectivity index (χ1) is 8.58. The van der Waals surface area contributed by atoms with E-state index in [4.69, 9.17) is 0 Å². The van der Waals surface area contributed by atoms with Crippen LogP contribution in [0.25, 0.3) is 11.4 Å². The Labute approximate surface area is 110 Å². The molecule has 0 amide bonds. The van der Waals surface area contributed by atoms with Gasteiger partial charge < -0.3 is 4.57 Å². The predicted molar refractivity (Wildman–Crippen MR) is 63.6 cm³/mol. The van der Waals surface area contributed by atoms with Crippen LogP contribution in [0.2, 0.25) is 0 Å². The van der Waals surface area contributed by atoms with E-state index in [1.165, 1.54) is 0 Å². The van der Waals surface area contributed by atoms with Crippen LogP contribution in [0.4, 0.5) is 13.2 Å². The monoisotopic (exact) mass is 319 g/mol. The largest absolute Gasteiger partial charge is 0.310 e. The van der Waals surface area contributed by atoms with Crippen molar-refractivity contribution >= 4 is 15.9 Å². The molecule has 0 N–H and O–H groups in total. The lowest BCUT2D eigenvalue weighted by Crippen LogP contribution is -2.04. The van der Waals surface area contributed by atoms with Gasteiger partial charge in [0, 0.05) is 18.7 Å². The Kier molecular flexibility index (Phi) is 3.70. The maximum absolute atomic E-state index is 13.7. The molecule has 0 saturated heterocycles. The van der Waals surface area contributed by atoms with Gasteiger partial charge in [-0.25, -0.2) is 13.2 Å². The average molecular weight is 320 g/mol. The number of nitrogens with zero attached hydrogens (tertiary/aromatic N) is 3. The third-order valence-electron chi connectivity index (χ3n) is 2.49. The van der Waals surface area contributed by atoms with Gasteiger partial charge in [0.1, 0.15) is 23.3 Å². The van der Waals surface area contributed by atoms with Crippen LogP contribution in [0.3, 0.4) is 0 Å². The van der Waals surface area contributed by atoms with Crippen molar-refractivity contribution in [3.8, 4) is 11.4 Å². The van der Waals surface area contributed by atoms with Gasteiger partial charge >= 0.3 is 0 Å². The van der Waals surface area contributed by atoms with Crippen molar-refractivity contribution in [3.63, 3.8) is 0 Å². The first kappa shape index (κ1) is 13.1. The summed E-state index contributed by atoms with van der Waals surface area (Å²) in [4.78, 5) is 0. The molecule has 2 rings (SSSR count). The summed E-state index contributed by atoms with van der Waals surface area (Å²) in [6.45, 7) is 2.26. The lowest BCUT2D eigenvalue weighted by Gasteiger charge is -2.08. The Bertz CT molecular complexity index is 560. The van der Waals surface area contributed by atoms with Crippen molar-refractivity contribution in [1.82, 2.24) is 14.8 Å². The molecule has 0 radical (unpaired) electrons. The normalized spacial score (nSPS) is 10.9. The van der Waals surface area contributed by atoms with Gasteiger partial charge in [-0.2, -0.15) is 0 Å². The molecule has 1 aromatic heterocycles. The topological polar surface area (TPSA) is 30.7 Å². The predicted octanol–water partition coefficient (Wildman–Crippen LogP) is 3.28. The van der Waals surface area contributed by atoms with Crippen LogP contribution >= 0.6 is 15.9 Å². The first-order valence-electron chi connectivity index (χ1n) is 5.21. The zero-order valence-electron chi connectivity index (χ0n) is 9.42. The quantitative estimate of drug-likeness (QED) is 0.813. The van der Waals surface area contributed by atoms with E-state index in [1.54, 1.807) is 11.5 Å². The van der Waals surface area contributed by atoms with Gasteiger partial charge in [-0.1, -0.05) is 15.9 Å². The number of aromatic nitrogens is 3. The van der Waals surface area contributed by atoms with Crippen LogP contribution in [-0.2, 0) is 11.9 Å². The zero-order valence-corrected chi connectivity index (χ0v) is 11.0. The Morgan fingerprint density at radius 3 is 2.28 bits per heavy atom. The van der Waals surface area contributed by atoms with Gasteiger partial charge in [-0.05, 0) is 6.92 Å². The highest BCUT2D eigenvalue weighted by atomic mass is 79.9. The van der Waals surface area contributed by atoms with Crippen LogP contribution in [-0.4, -0.2) is 14.8 Å². The molecule has 3 nitrogen and oxygen atoms in total. The number of hydrogen-bond acceptors (Lipinski definition) is 2. The molecule has 0 atom stereocenters. The Morgan fingerprint density at radius 2 is 1.78 bits per heavy atom. The van der Waals surface area contributed by atoms with Gasteiger partial charge in [-0.15, -0.1) is 10.2 Å². The van der Waals surface area contributed by atoms with E-state index in [0.717, 1.165) is 0 Å². The van der Waals surface area contributed by atoms with Crippen molar-refractivity contribution in [3.05, 3.63) is 35.4 Å². The van der Waals surface area contributed by atoms with Crippen molar-refractivity contribution in [1.29, 1.82) is 0 Å². The summed E-state index contributed by atoms with van der Waals surface area (Å²) < 4.78 is 41.7. The molecule has 7 heteroatoms. The first-order valence-corrected chi connectivity index (χ1v) is 6.33. The van der Waals surface area contributed by atoms with E-state index >= 15 is 0 Å². The van der Waals surface area contributed by atoms with E-state index in [1.807, 2.05) is 0 Å². The van der Waals surface area contributed by atoms with Crippen LogP contribution < -0.4 is 0 Å².